The molecule has 0 aromatic carbocycles. The van der Waals surface area contributed by atoms with Crippen molar-refractivity contribution in [3.63, 3.8) is 0 Å². The molecule has 1 atom stereocenters. The Labute approximate surface area is 115 Å². The molecule has 1 amide bonds. The molecule has 2 rings (SSSR count). The number of anilines is 1. The van der Waals surface area contributed by atoms with Gasteiger partial charge in [-0.05, 0) is 38.5 Å². The summed E-state index contributed by atoms with van der Waals surface area (Å²) in [5.74, 6) is 0.276. The Morgan fingerprint density at radius 1 is 1.37 bits per heavy atom. The van der Waals surface area contributed by atoms with Gasteiger partial charge in [0, 0.05) is 11.1 Å². The Bertz CT molecular complexity index is 586. The quantitative estimate of drug-likeness (QED) is 0.902. The standard InChI is InChI=1S/C13H16N4OS/c1-7-4-8(2)15-11(5-7)17-12(18)10-6-19-13(16-10)9(3)14/h4-6,9H,14H2,1-3H3,(H,15,17,18). The summed E-state index contributed by atoms with van der Waals surface area (Å²) in [6.45, 7) is 5.69. The number of hydrogen-bond donors (Lipinski definition) is 2. The van der Waals surface area contributed by atoms with Gasteiger partial charge in [0.25, 0.3) is 5.91 Å². The topological polar surface area (TPSA) is 80.9 Å². The van der Waals surface area contributed by atoms with Crippen molar-refractivity contribution in [2.45, 2.75) is 26.8 Å². The summed E-state index contributed by atoms with van der Waals surface area (Å²) >= 11 is 1.39. The third kappa shape index (κ3) is 3.36. The summed E-state index contributed by atoms with van der Waals surface area (Å²) in [5.41, 5.74) is 8.02. The van der Waals surface area contributed by atoms with Crippen molar-refractivity contribution in [3.8, 4) is 0 Å². The van der Waals surface area contributed by atoms with E-state index in [-0.39, 0.29) is 11.9 Å². The van der Waals surface area contributed by atoms with Crippen LogP contribution in [0.15, 0.2) is 17.5 Å². The van der Waals surface area contributed by atoms with Crippen molar-refractivity contribution in [2.75, 3.05) is 5.32 Å². The van der Waals surface area contributed by atoms with Gasteiger partial charge in [0.2, 0.25) is 0 Å². The SMILES string of the molecule is Cc1cc(C)nc(NC(=O)c2csc(C(C)N)n2)c1. The highest BCUT2D eigenvalue weighted by Gasteiger charge is 2.13. The highest BCUT2D eigenvalue weighted by Crippen LogP contribution is 2.17. The molecule has 2 heterocycles. The first kappa shape index (κ1) is 13.6. The molecule has 100 valence electrons. The zero-order valence-electron chi connectivity index (χ0n) is 11.1. The van der Waals surface area contributed by atoms with E-state index < -0.39 is 0 Å². The van der Waals surface area contributed by atoms with Crippen molar-refractivity contribution in [3.05, 3.63) is 39.5 Å². The molecule has 0 spiro atoms. The van der Waals surface area contributed by atoms with Crippen molar-refractivity contribution in [1.29, 1.82) is 0 Å². The van der Waals surface area contributed by atoms with Crippen molar-refractivity contribution in [1.82, 2.24) is 9.97 Å². The van der Waals surface area contributed by atoms with E-state index in [0.29, 0.717) is 11.5 Å². The predicted octanol–water partition coefficient (Wildman–Crippen LogP) is 2.43. The maximum absolute atomic E-state index is 12.0. The Hall–Kier alpha value is -1.79. The summed E-state index contributed by atoms with van der Waals surface area (Å²) in [5, 5.41) is 5.20. The second kappa shape index (κ2) is 5.46. The van der Waals surface area contributed by atoms with Crippen molar-refractivity contribution >= 4 is 23.1 Å². The molecule has 0 aliphatic carbocycles. The van der Waals surface area contributed by atoms with Gasteiger partial charge in [-0.3, -0.25) is 4.79 Å². The van der Waals surface area contributed by atoms with Gasteiger partial charge < -0.3 is 11.1 Å². The largest absolute Gasteiger partial charge is 0.322 e. The zero-order valence-corrected chi connectivity index (χ0v) is 11.9. The summed E-state index contributed by atoms with van der Waals surface area (Å²) < 4.78 is 0. The molecule has 3 N–H and O–H groups in total. The second-order valence-electron chi connectivity index (χ2n) is 4.48. The van der Waals surface area contributed by atoms with Crippen LogP contribution in [0.3, 0.4) is 0 Å². The van der Waals surface area contributed by atoms with Crippen LogP contribution in [-0.2, 0) is 0 Å². The molecule has 0 radical (unpaired) electrons. The number of thiazole rings is 1. The third-order valence-electron chi connectivity index (χ3n) is 2.48. The average Bonchev–Trinajstić information content (AvgIpc) is 2.76. The Balaban J connectivity index is 2.15. The van der Waals surface area contributed by atoms with E-state index in [9.17, 15) is 4.79 Å². The number of nitrogens with one attached hydrogen (secondary N) is 1. The summed E-state index contributed by atoms with van der Waals surface area (Å²) in [6, 6.07) is 3.61. The minimum atomic E-state index is -0.263. The van der Waals surface area contributed by atoms with Crippen LogP contribution in [0, 0.1) is 13.8 Å². The number of amides is 1. The van der Waals surface area contributed by atoms with E-state index in [1.807, 2.05) is 32.9 Å². The number of aromatic nitrogens is 2. The summed E-state index contributed by atoms with van der Waals surface area (Å²) in [6.07, 6.45) is 0. The number of carbonyl (C=O) groups excluding carboxylic acids is 1. The first-order valence-corrected chi connectivity index (χ1v) is 6.81. The van der Waals surface area contributed by atoms with E-state index >= 15 is 0 Å². The molecule has 0 saturated heterocycles. The zero-order chi connectivity index (χ0) is 14.0. The average molecular weight is 276 g/mol. The van der Waals surface area contributed by atoms with Crippen LogP contribution in [0.2, 0.25) is 0 Å². The van der Waals surface area contributed by atoms with Crippen LogP contribution in [0.25, 0.3) is 0 Å². The van der Waals surface area contributed by atoms with Gasteiger partial charge in [0.15, 0.2) is 0 Å². The molecule has 0 aliphatic heterocycles. The Morgan fingerprint density at radius 2 is 2.11 bits per heavy atom. The molecule has 2 aromatic rings. The van der Waals surface area contributed by atoms with Gasteiger partial charge in [-0.15, -0.1) is 11.3 Å². The third-order valence-corrected chi connectivity index (χ3v) is 3.53. The molecule has 0 bridgehead atoms. The number of rotatable bonds is 3. The van der Waals surface area contributed by atoms with Crippen molar-refractivity contribution in [2.24, 2.45) is 5.73 Å². The first-order valence-electron chi connectivity index (χ1n) is 5.93. The van der Waals surface area contributed by atoms with Gasteiger partial charge in [-0.2, -0.15) is 0 Å². The van der Waals surface area contributed by atoms with E-state index in [2.05, 4.69) is 15.3 Å². The number of carbonyl (C=O) groups is 1. The minimum Gasteiger partial charge on any atom is -0.322 e. The Morgan fingerprint density at radius 3 is 2.68 bits per heavy atom. The summed E-state index contributed by atoms with van der Waals surface area (Å²) in [4.78, 5) is 20.5. The number of nitrogens with zero attached hydrogens (tertiary/aromatic N) is 2. The lowest BCUT2D eigenvalue weighted by Gasteiger charge is -2.05. The van der Waals surface area contributed by atoms with E-state index in [1.165, 1.54) is 11.3 Å². The van der Waals surface area contributed by atoms with Crippen LogP contribution >= 0.6 is 11.3 Å². The fourth-order valence-electron chi connectivity index (χ4n) is 1.69. The molecule has 1 unspecified atom stereocenters. The molecule has 2 aromatic heterocycles. The lowest BCUT2D eigenvalue weighted by Crippen LogP contribution is -2.14. The fourth-order valence-corrected chi connectivity index (χ4v) is 2.44. The molecule has 19 heavy (non-hydrogen) atoms. The van der Waals surface area contributed by atoms with Crippen LogP contribution in [0.4, 0.5) is 5.82 Å². The molecule has 0 fully saturated rings. The van der Waals surface area contributed by atoms with Gasteiger partial charge >= 0.3 is 0 Å². The van der Waals surface area contributed by atoms with E-state index in [4.69, 9.17) is 5.73 Å². The van der Waals surface area contributed by atoms with Crippen LogP contribution in [0.1, 0.15) is 39.7 Å². The van der Waals surface area contributed by atoms with Gasteiger partial charge in [0.1, 0.15) is 16.5 Å². The maximum Gasteiger partial charge on any atom is 0.276 e. The second-order valence-corrected chi connectivity index (χ2v) is 5.37. The number of nitrogens with two attached hydrogens (primary N) is 1. The van der Waals surface area contributed by atoms with Crippen LogP contribution in [-0.4, -0.2) is 15.9 Å². The minimum absolute atomic E-state index is 0.161. The smallest absolute Gasteiger partial charge is 0.276 e. The first-order chi connectivity index (χ1) is 8.95. The van der Waals surface area contributed by atoms with Crippen LogP contribution < -0.4 is 11.1 Å². The summed E-state index contributed by atoms with van der Waals surface area (Å²) in [7, 11) is 0. The van der Waals surface area contributed by atoms with E-state index in [0.717, 1.165) is 16.3 Å². The molecule has 0 saturated carbocycles. The normalized spacial score (nSPS) is 12.2. The van der Waals surface area contributed by atoms with Gasteiger partial charge in [-0.1, -0.05) is 0 Å². The number of hydrogen-bond acceptors (Lipinski definition) is 5. The monoisotopic (exact) mass is 276 g/mol. The highest BCUT2D eigenvalue weighted by molar-refractivity contribution is 7.09. The van der Waals surface area contributed by atoms with Crippen molar-refractivity contribution < 1.29 is 4.79 Å². The number of aryl methyl sites for hydroxylation is 2. The van der Waals surface area contributed by atoms with Crippen LogP contribution in [0.5, 0.6) is 0 Å². The highest BCUT2D eigenvalue weighted by atomic mass is 32.1. The lowest BCUT2D eigenvalue weighted by molar-refractivity contribution is 0.102. The van der Waals surface area contributed by atoms with Gasteiger partial charge in [0.05, 0.1) is 6.04 Å². The maximum atomic E-state index is 12.0. The molecular weight excluding hydrogens is 260 g/mol. The molecule has 6 heteroatoms. The predicted molar refractivity (Wildman–Crippen MR) is 76.4 cm³/mol. The number of pyridine rings is 1. The van der Waals surface area contributed by atoms with E-state index in [1.54, 1.807) is 5.38 Å². The fraction of sp³-hybridized carbons (Fsp3) is 0.308. The lowest BCUT2D eigenvalue weighted by atomic mass is 10.2. The van der Waals surface area contributed by atoms with Gasteiger partial charge in [-0.25, -0.2) is 9.97 Å². The molecule has 0 aliphatic rings. The Kier molecular flexibility index (Phi) is 3.92. The molecular formula is C13H16N4OS. The molecule has 5 nitrogen and oxygen atoms in total.